The molecule has 25 heavy (non-hydrogen) atoms. The van der Waals surface area contributed by atoms with E-state index in [2.05, 4.69) is 20.5 Å². The van der Waals surface area contributed by atoms with Crippen molar-refractivity contribution in [2.45, 2.75) is 58.1 Å². The molecule has 0 bridgehead atoms. The molecule has 1 heterocycles. The third-order valence-corrected chi connectivity index (χ3v) is 4.22. The first kappa shape index (κ1) is 19.8. The highest BCUT2D eigenvalue weighted by Crippen LogP contribution is 2.28. The largest absolute Gasteiger partial charge is 0.444 e. The summed E-state index contributed by atoms with van der Waals surface area (Å²) in [5.74, 6) is 1.70. The molecule has 144 valence electrons. The van der Waals surface area contributed by atoms with Crippen LogP contribution in [0.2, 0.25) is 0 Å². The number of hydrogen-bond acceptors (Lipinski definition) is 4. The molecule has 1 aliphatic heterocycles. The second kappa shape index (κ2) is 9.27. The second-order valence-electron chi connectivity index (χ2n) is 7.92. The molecule has 1 atom stereocenters. The zero-order valence-electron chi connectivity index (χ0n) is 16.1. The molecule has 2 aliphatic rings. The molecule has 1 saturated carbocycles. The maximum absolute atomic E-state index is 11.9. The van der Waals surface area contributed by atoms with Crippen molar-refractivity contribution in [2.24, 2.45) is 10.9 Å². The highest BCUT2D eigenvalue weighted by atomic mass is 16.6. The van der Waals surface area contributed by atoms with Gasteiger partial charge >= 0.3 is 6.09 Å². The first-order chi connectivity index (χ1) is 11.9. The van der Waals surface area contributed by atoms with E-state index in [4.69, 9.17) is 9.47 Å². The molecular formula is C18H34N4O3. The Kier molecular flexibility index (Phi) is 7.35. The van der Waals surface area contributed by atoms with Gasteiger partial charge in [-0.2, -0.15) is 0 Å². The molecule has 1 saturated heterocycles. The topological polar surface area (TPSA) is 75.2 Å². The van der Waals surface area contributed by atoms with Crippen LogP contribution < -0.4 is 10.6 Å². The van der Waals surface area contributed by atoms with E-state index in [1.165, 1.54) is 12.8 Å². The molecule has 2 N–H and O–H groups in total. The molecule has 7 heteroatoms. The normalized spacial score (nSPS) is 21.4. The molecule has 2 rings (SSSR count). The van der Waals surface area contributed by atoms with Gasteiger partial charge < -0.3 is 25.0 Å². The number of hydrogen-bond donors (Lipinski definition) is 2. The Bertz CT molecular complexity index is 458. The van der Waals surface area contributed by atoms with Crippen molar-refractivity contribution in [1.29, 1.82) is 0 Å². The van der Waals surface area contributed by atoms with E-state index in [0.29, 0.717) is 0 Å². The predicted molar refractivity (Wildman–Crippen MR) is 98.9 cm³/mol. The number of alkyl carbamates (subject to hydrolysis) is 1. The lowest BCUT2D eigenvalue weighted by Gasteiger charge is -2.23. The zero-order valence-corrected chi connectivity index (χ0v) is 16.1. The number of likely N-dealkylation sites (tertiary alicyclic amines) is 1. The molecule has 7 nitrogen and oxygen atoms in total. The number of rotatable bonds is 7. The number of carbonyl (C=O) groups excluding carboxylic acids is 1. The fraction of sp³-hybridized carbons (Fsp3) is 0.889. The summed E-state index contributed by atoms with van der Waals surface area (Å²) in [5.41, 5.74) is -0.471. The van der Waals surface area contributed by atoms with Gasteiger partial charge in [-0.05, 0) is 52.4 Å². The van der Waals surface area contributed by atoms with Gasteiger partial charge in [-0.25, -0.2) is 4.79 Å². The smallest absolute Gasteiger partial charge is 0.407 e. The first-order valence-corrected chi connectivity index (χ1v) is 9.40. The van der Waals surface area contributed by atoms with E-state index < -0.39 is 5.60 Å². The van der Waals surface area contributed by atoms with Gasteiger partial charge in [0.2, 0.25) is 0 Å². The summed E-state index contributed by atoms with van der Waals surface area (Å²) < 4.78 is 11.0. The third kappa shape index (κ3) is 7.94. The van der Waals surface area contributed by atoms with Crippen LogP contribution in [0.1, 0.15) is 46.5 Å². The van der Waals surface area contributed by atoms with Gasteiger partial charge in [0.25, 0.3) is 0 Å². The lowest BCUT2D eigenvalue weighted by molar-refractivity contribution is 0.0507. The average Bonchev–Trinajstić information content (AvgIpc) is 3.23. The Morgan fingerprint density at radius 1 is 1.28 bits per heavy atom. The van der Waals surface area contributed by atoms with Crippen LogP contribution in [-0.4, -0.2) is 68.5 Å². The molecule has 0 aromatic heterocycles. The van der Waals surface area contributed by atoms with Gasteiger partial charge in [0.15, 0.2) is 5.96 Å². The molecule has 1 amide bonds. The minimum atomic E-state index is -0.471. The average molecular weight is 354 g/mol. The summed E-state index contributed by atoms with van der Waals surface area (Å²) in [6, 6.07) is 0.0928. The zero-order chi connectivity index (χ0) is 18.3. The number of nitrogens with one attached hydrogen (secondary N) is 2. The molecular weight excluding hydrogens is 320 g/mol. The summed E-state index contributed by atoms with van der Waals surface area (Å²) in [4.78, 5) is 18.4. The fourth-order valence-electron chi connectivity index (χ4n) is 2.79. The Morgan fingerprint density at radius 2 is 2.04 bits per heavy atom. The number of ether oxygens (including phenoxy) is 2. The van der Waals surface area contributed by atoms with Gasteiger partial charge in [-0.1, -0.05) is 0 Å². The minimum Gasteiger partial charge on any atom is -0.444 e. The summed E-state index contributed by atoms with van der Waals surface area (Å²) in [7, 11) is 1.79. The molecule has 1 aliphatic carbocycles. The van der Waals surface area contributed by atoms with Crippen LogP contribution in [0, 0.1) is 5.92 Å². The lowest BCUT2D eigenvalue weighted by Crippen LogP contribution is -2.44. The van der Waals surface area contributed by atoms with Crippen LogP contribution in [0.5, 0.6) is 0 Å². The number of aliphatic imine (C=N–C) groups is 1. The van der Waals surface area contributed by atoms with Crippen LogP contribution in [-0.2, 0) is 9.47 Å². The van der Waals surface area contributed by atoms with E-state index >= 15 is 0 Å². The summed E-state index contributed by atoms with van der Waals surface area (Å²) in [6.45, 7) is 9.78. The van der Waals surface area contributed by atoms with E-state index in [9.17, 15) is 4.79 Å². The fourth-order valence-corrected chi connectivity index (χ4v) is 2.79. The maximum atomic E-state index is 11.9. The molecule has 1 unspecified atom stereocenters. The SMILES string of the molecule is CN=C(NCCCOCC1CC1)N1CCC(NC(=O)OC(C)(C)C)C1. The maximum Gasteiger partial charge on any atom is 0.407 e. The van der Waals surface area contributed by atoms with Gasteiger partial charge in [0, 0.05) is 39.9 Å². The highest BCUT2D eigenvalue weighted by Gasteiger charge is 2.27. The number of guanidine groups is 1. The molecule has 0 spiro atoms. The van der Waals surface area contributed by atoms with Crippen LogP contribution >= 0.6 is 0 Å². The van der Waals surface area contributed by atoms with E-state index in [0.717, 1.165) is 57.6 Å². The number of nitrogens with zero attached hydrogens (tertiary/aromatic N) is 2. The van der Waals surface area contributed by atoms with Crippen molar-refractivity contribution in [3.8, 4) is 0 Å². The van der Waals surface area contributed by atoms with Crippen LogP contribution in [0.3, 0.4) is 0 Å². The Balaban J connectivity index is 1.61. The Morgan fingerprint density at radius 3 is 2.68 bits per heavy atom. The third-order valence-electron chi connectivity index (χ3n) is 4.22. The van der Waals surface area contributed by atoms with Crippen molar-refractivity contribution >= 4 is 12.1 Å². The standard InChI is InChI=1S/C18H34N4O3/c1-18(2,3)25-17(23)21-15-8-10-22(12-15)16(19-4)20-9-5-11-24-13-14-6-7-14/h14-15H,5-13H2,1-4H3,(H,19,20)(H,21,23). The first-order valence-electron chi connectivity index (χ1n) is 9.40. The van der Waals surface area contributed by atoms with Crippen molar-refractivity contribution in [1.82, 2.24) is 15.5 Å². The Hall–Kier alpha value is -1.50. The molecule has 0 radical (unpaired) electrons. The summed E-state index contributed by atoms with van der Waals surface area (Å²) >= 11 is 0. The van der Waals surface area contributed by atoms with E-state index in [1.54, 1.807) is 7.05 Å². The van der Waals surface area contributed by atoms with Gasteiger partial charge in [0.05, 0.1) is 6.04 Å². The highest BCUT2D eigenvalue weighted by molar-refractivity contribution is 5.80. The van der Waals surface area contributed by atoms with Crippen LogP contribution in [0.15, 0.2) is 4.99 Å². The summed E-state index contributed by atoms with van der Waals surface area (Å²) in [6.07, 6.45) is 4.18. The molecule has 0 aromatic carbocycles. The lowest BCUT2D eigenvalue weighted by atomic mass is 10.2. The Labute approximate surface area is 151 Å². The number of amides is 1. The summed E-state index contributed by atoms with van der Waals surface area (Å²) in [5, 5.41) is 6.32. The second-order valence-corrected chi connectivity index (χ2v) is 7.92. The van der Waals surface area contributed by atoms with Gasteiger partial charge in [-0.3, -0.25) is 4.99 Å². The van der Waals surface area contributed by atoms with Gasteiger partial charge in [-0.15, -0.1) is 0 Å². The number of carbonyl (C=O) groups is 1. The monoisotopic (exact) mass is 354 g/mol. The van der Waals surface area contributed by atoms with Crippen molar-refractivity contribution in [2.75, 3.05) is 39.9 Å². The van der Waals surface area contributed by atoms with Crippen molar-refractivity contribution in [3.05, 3.63) is 0 Å². The predicted octanol–water partition coefficient (Wildman–Crippen LogP) is 1.98. The molecule has 2 fully saturated rings. The molecule has 0 aromatic rings. The van der Waals surface area contributed by atoms with Crippen LogP contribution in [0.4, 0.5) is 4.79 Å². The van der Waals surface area contributed by atoms with Crippen molar-refractivity contribution in [3.63, 3.8) is 0 Å². The van der Waals surface area contributed by atoms with Crippen LogP contribution in [0.25, 0.3) is 0 Å². The van der Waals surface area contributed by atoms with E-state index in [-0.39, 0.29) is 12.1 Å². The quantitative estimate of drug-likeness (QED) is 0.415. The van der Waals surface area contributed by atoms with Crippen molar-refractivity contribution < 1.29 is 14.3 Å². The van der Waals surface area contributed by atoms with E-state index in [1.807, 2.05) is 20.8 Å². The minimum absolute atomic E-state index is 0.0928. The van der Waals surface area contributed by atoms with Gasteiger partial charge in [0.1, 0.15) is 5.60 Å².